The van der Waals surface area contributed by atoms with Gasteiger partial charge in [0.25, 0.3) is 0 Å². The number of carbonyl (C=O) groups is 2. The van der Waals surface area contributed by atoms with Crippen molar-refractivity contribution in [1.82, 2.24) is 19.6 Å². The highest BCUT2D eigenvalue weighted by Crippen LogP contribution is 2.47. The van der Waals surface area contributed by atoms with Crippen LogP contribution in [0.1, 0.15) is 71.6 Å². The third-order valence-corrected chi connectivity index (χ3v) is 8.31. The Morgan fingerprint density at radius 2 is 0.825 bits per heavy atom. The molecule has 0 atom stereocenters. The van der Waals surface area contributed by atoms with Crippen LogP contribution >= 0.6 is 0 Å². The average Bonchev–Trinajstić information content (AvgIpc) is 3.56. The van der Waals surface area contributed by atoms with Crippen molar-refractivity contribution in [3.8, 4) is 33.6 Å². The van der Waals surface area contributed by atoms with Gasteiger partial charge in [-0.1, -0.05) is 60.7 Å². The van der Waals surface area contributed by atoms with E-state index in [-0.39, 0.29) is 23.7 Å². The molecule has 0 amide bonds. The lowest BCUT2D eigenvalue weighted by atomic mass is 9.83. The van der Waals surface area contributed by atoms with Crippen LogP contribution < -0.4 is 0 Å². The predicted molar refractivity (Wildman–Crippen MR) is 157 cm³/mol. The zero-order valence-corrected chi connectivity index (χ0v) is 22.7. The van der Waals surface area contributed by atoms with Crippen LogP contribution in [0.3, 0.4) is 0 Å². The van der Waals surface area contributed by atoms with Crippen LogP contribution in [-0.4, -0.2) is 31.1 Å². The van der Waals surface area contributed by atoms with Crippen molar-refractivity contribution in [3.63, 3.8) is 0 Å². The Bertz CT molecular complexity index is 1960. The van der Waals surface area contributed by atoms with Gasteiger partial charge in [-0.05, 0) is 39.8 Å². The first kappa shape index (κ1) is 23.1. The second kappa shape index (κ2) is 7.85. The van der Waals surface area contributed by atoms with Gasteiger partial charge in [-0.3, -0.25) is 19.0 Å². The topological polar surface area (TPSA) is 69.8 Å². The van der Waals surface area contributed by atoms with Crippen LogP contribution in [0.25, 0.3) is 55.4 Å². The zero-order valence-electron chi connectivity index (χ0n) is 22.7. The molecular formula is C34H26N4O2. The standard InChI is InChI=1S/C34H26N4O2/c1-17(2)37-31-21-9-5-7-11-23(21)33(39)25-15-13-19(29(35-37)27(25)31)20-14-16-26-28-30(20)36-38(18(3)4)32(28)22-10-6-8-12-24(22)34(26)40/h5-18H,1-4H3. The predicted octanol–water partition coefficient (Wildman–Crippen LogP) is 7.64. The molecular weight excluding hydrogens is 496 g/mol. The molecule has 0 radical (unpaired) electrons. The normalized spacial score (nSPS) is 13.6. The summed E-state index contributed by atoms with van der Waals surface area (Å²) in [4.78, 5) is 27.2. The Hall–Kier alpha value is -4.84. The Kier molecular flexibility index (Phi) is 4.53. The summed E-state index contributed by atoms with van der Waals surface area (Å²) >= 11 is 0. The van der Waals surface area contributed by atoms with E-state index in [0.717, 1.165) is 55.4 Å². The second-order valence-corrected chi connectivity index (χ2v) is 11.3. The smallest absolute Gasteiger partial charge is 0.194 e. The molecule has 0 unspecified atom stereocenters. The summed E-state index contributed by atoms with van der Waals surface area (Å²) in [6, 6.07) is 23.6. The molecule has 2 heterocycles. The number of carbonyl (C=O) groups excluding carboxylic acids is 2. The van der Waals surface area contributed by atoms with Crippen LogP contribution in [0.5, 0.6) is 0 Å². The molecule has 6 heteroatoms. The lowest BCUT2D eigenvalue weighted by Gasteiger charge is -2.19. The highest BCUT2D eigenvalue weighted by Gasteiger charge is 2.34. The first-order valence-corrected chi connectivity index (χ1v) is 13.8. The van der Waals surface area contributed by atoms with E-state index < -0.39 is 0 Å². The van der Waals surface area contributed by atoms with Crippen LogP contribution in [0.4, 0.5) is 0 Å². The molecule has 0 saturated heterocycles. The number of benzene rings is 4. The van der Waals surface area contributed by atoms with Crippen molar-refractivity contribution < 1.29 is 9.59 Å². The fourth-order valence-electron chi connectivity index (χ4n) is 6.56. The first-order chi connectivity index (χ1) is 19.4. The van der Waals surface area contributed by atoms with Crippen molar-refractivity contribution in [3.05, 3.63) is 95.1 Å². The molecule has 6 nitrogen and oxygen atoms in total. The molecule has 0 saturated carbocycles. The highest BCUT2D eigenvalue weighted by molar-refractivity contribution is 6.29. The fraction of sp³-hybridized carbons (Fsp3) is 0.176. The van der Waals surface area contributed by atoms with E-state index in [1.165, 1.54) is 0 Å². The number of hydrogen-bond acceptors (Lipinski definition) is 4. The van der Waals surface area contributed by atoms with Gasteiger partial charge < -0.3 is 0 Å². The Labute approximate surface area is 230 Å². The first-order valence-electron chi connectivity index (χ1n) is 13.8. The number of rotatable bonds is 3. The summed E-state index contributed by atoms with van der Waals surface area (Å²) in [7, 11) is 0. The molecule has 0 fully saturated rings. The van der Waals surface area contributed by atoms with Crippen molar-refractivity contribution in [2.45, 2.75) is 39.8 Å². The van der Waals surface area contributed by atoms with Crippen molar-refractivity contribution in [1.29, 1.82) is 0 Å². The lowest BCUT2D eigenvalue weighted by Crippen LogP contribution is -2.12. The van der Waals surface area contributed by atoms with E-state index >= 15 is 0 Å². The highest BCUT2D eigenvalue weighted by atomic mass is 16.1. The summed E-state index contributed by atoms with van der Waals surface area (Å²) in [5.74, 6) is 0.0397. The molecule has 4 aromatic carbocycles. The lowest BCUT2D eigenvalue weighted by molar-refractivity contribution is 0.103. The number of fused-ring (bicyclic) bond motifs is 4. The summed E-state index contributed by atoms with van der Waals surface area (Å²) < 4.78 is 4.07. The summed E-state index contributed by atoms with van der Waals surface area (Å²) in [5.41, 5.74) is 9.91. The van der Waals surface area contributed by atoms with E-state index in [4.69, 9.17) is 10.2 Å². The molecule has 0 aliphatic heterocycles. The molecule has 0 spiro atoms. The fourth-order valence-corrected chi connectivity index (χ4v) is 6.56. The van der Waals surface area contributed by atoms with E-state index in [9.17, 15) is 9.59 Å². The molecule has 0 N–H and O–H groups in total. The van der Waals surface area contributed by atoms with Crippen LogP contribution in [-0.2, 0) is 0 Å². The van der Waals surface area contributed by atoms with Gasteiger partial charge in [0.15, 0.2) is 11.6 Å². The summed E-state index contributed by atoms with van der Waals surface area (Å²) in [6.45, 7) is 8.44. The van der Waals surface area contributed by atoms with E-state index in [0.29, 0.717) is 22.3 Å². The zero-order chi connectivity index (χ0) is 27.4. The maximum atomic E-state index is 13.6. The largest absolute Gasteiger partial charge is 0.289 e. The van der Waals surface area contributed by atoms with E-state index in [2.05, 4.69) is 27.7 Å². The summed E-state index contributed by atoms with van der Waals surface area (Å²) in [5, 5.41) is 12.0. The minimum atomic E-state index is 0.0198. The Morgan fingerprint density at radius 3 is 1.20 bits per heavy atom. The van der Waals surface area contributed by atoms with Gasteiger partial charge >= 0.3 is 0 Å². The van der Waals surface area contributed by atoms with E-state index in [1.807, 2.05) is 82.2 Å². The third-order valence-electron chi connectivity index (χ3n) is 8.31. The van der Waals surface area contributed by atoms with Gasteiger partial charge in [-0.25, -0.2) is 0 Å². The molecule has 2 aliphatic rings. The molecule has 40 heavy (non-hydrogen) atoms. The minimum absolute atomic E-state index is 0.0198. The number of ketones is 2. The maximum absolute atomic E-state index is 13.6. The molecule has 194 valence electrons. The van der Waals surface area contributed by atoms with Gasteiger partial charge in [0.05, 0.1) is 11.4 Å². The second-order valence-electron chi connectivity index (χ2n) is 11.3. The van der Waals surface area contributed by atoms with Crippen LogP contribution in [0, 0.1) is 0 Å². The summed E-state index contributed by atoms with van der Waals surface area (Å²) in [6.07, 6.45) is 0. The SMILES string of the molecule is CC(C)n1nc2c(-c3ccc4c5c(n(C(C)C)nc35)-c3ccccc3C4=O)ccc3c2c1-c1ccccc1C3=O. The van der Waals surface area contributed by atoms with Crippen molar-refractivity contribution >= 4 is 33.4 Å². The molecule has 2 aromatic heterocycles. The maximum Gasteiger partial charge on any atom is 0.194 e. The van der Waals surface area contributed by atoms with Crippen LogP contribution in [0.2, 0.25) is 0 Å². The number of aromatic nitrogens is 4. The van der Waals surface area contributed by atoms with Gasteiger partial charge in [-0.15, -0.1) is 0 Å². The van der Waals surface area contributed by atoms with Gasteiger partial charge in [0.1, 0.15) is 11.0 Å². The van der Waals surface area contributed by atoms with Gasteiger partial charge in [0, 0.05) is 67.4 Å². The third kappa shape index (κ3) is 2.78. The minimum Gasteiger partial charge on any atom is -0.289 e. The number of nitrogens with zero attached hydrogens (tertiary/aromatic N) is 4. The quantitative estimate of drug-likeness (QED) is 0.239. The number of hydrogen-bond donors (Lipinski definition) is 0. The van der Waals surface area contributed by atoms with Crippen molar-refractivity contribution in [2.24, 2.45) is 0 Å². The molecule has 6 aromatic rings. The van der Waals surface area contributed by atoms with Gasteiger partial charge in [-0.2, -0.15) is 10.2 Å². The Morgan fingerprint density at radius 1 is 0.475 bits per heavy atom. The monoisotopic (exact) mass is 522 g/mol. The van der Waals surface area contributed by atoms with Crippen molar-refractivity contribution in [2.75, 3.05) is 0 Å². The van der Waals surface area contributed by atoms with E-state index in [1.54, 1.807) is 0 Å². The molecule has 2 aliphatic carbocycles. The molecule has 8 rings (SSSR count). The molecule has 0 bridgehead atoms. The van der Waals surface area contributed by atoms with Crippen LogP contribution in [0.15, 0.2) is 72.8 Å². The average molecular weight is 523 g/mol. The van der Waals surface area contributed by atoms with Gasteiger partial charge in [0.2, 0.25) is 0 Å². The Balaban J connectivity index is 1.49.